The number of amides is 1. The van der Waals surface area contributed by atoms with Crippen LogP contribution in [0.3, 0.4) is 0 Å². The molecule has 1 aliphatic heterocycles. The molecule has 8 nitrogen and oxygen atoms in total. The topological polar surface area (TPSA) is 95.4 Å². The molecule has 8 heteroatoms. The third-order valence-electron chi connectivity index (χ3n) is 4.96. The molecule has 1 saturated heterocycles. The third-order valence-corrected chi connectivity index (χ3v) is 4.96. The van der Waals surface area contributed by atoms with Crippen molar-refractivity contribution in [1.82, 2.24) is 14.5 Å². The fourth-order valence-corrected chi connectivity index (χ4v) is 3.50. The molecule has 28 heavy (non-hydrogen) atoms. The number of nitriles is 1. The van der Waals surface area contributed by atoms with Gasteiger partial charge in [-0.15, -0.1) is 0 Å². The maximum atomic E-state index is 12.6. The molecule has 3 heterocycles. The summed E-state index contributed by atoms with van der Waals surface area (Å²) in [7, 11) is 0. The smallest absolute Gasteiger partial charge is 0.408 e. The Balaban J connectivity index is 1.37. The number of carbonyl (C=O) groups is 1. The standard InChI is InChI=1S/C20H19N5O3/c21-14-15-4-3-8-22-19(15)24-12-10-23(11-13-24)18(26)7-9-25-16-5-1-2-6-17(16)28-20(25)27/h1-6,8H,7,9-13H2. The highest BCUT2D eigenvalue weighted by atomic mass is 16.4. The summed E-state index contributed by atoms with van der Waals surface area (Å²) in [4.78, 5) is 32.7. The second-order valence-corrected chi connectivity index (χ2v) is 6.59. The zero-order valence-electron chi connectivity index (χ0n) is 15.2. The van der Waals surface area contributed by atoms with E-state index < -0.39 is 5.76 Å². The maximum Gasteiger partial charge on any atom is 0.419 e. The molecule has 0 aliphatic carbocycles. The lowest BCUT2D eigenvalue weighted by molar-refractivity contribution is -0.131. The molecule has 0 bridgehead atoms. The fraction of sp³-hybridized carbons (Fsp3) is 0.300. The van der Waals surface area contributed by atoms with Crippen LogP contribution in [0.15, 0.2) is 51.8 Å². The van der Waals surface area contributed by atoms with Crippen molar-refractivity contribution in [2.75, 3.05) is 31.1 Å². The molecule has 0 spiro atoms. The zero-order chi connectivity index (χ0) is 19.5. The van der Waals surface area contributed by atoms with Gasteiger partial charge in [-0.3, -0.25) is 9.36 Å². The number of fused-ring (bicyclic) bond motifs is 1. The number of hydrogen-bond acceptors (Lipinski definition) is 6. The fourth-order valence-electron chi connectivity index (χ4n) is 3.50. The predicted octanol–water partition coefficient (Wildman–Crippen LogP) is 1.60. The number of pyridine rings is 1. The quantitative estimate of drug-likeness (QED) is 0.685. The Morgan fingerprint density at radius 3 is 2.71 bits per heavy atom. The van der Waals surface area contributed by atoms with Gasteiger partial charge in [-0.2, -0.15) is 5.26 Å². The summed E-state index contributed by atoms with van der Waals surface area (Å²) in [6.45, 7) is 2.63. The number of rotatable bonds is 4. The molecule has 1 aliphatic rings. The summed E-state index contributed by atoms with van der Waals surface area (Å²) in [5.41, 5.74) is 1.76. The molecule has 1 aromatic carbocycles. The van der Waals surface area contributed by atoms with E-state index in [1.54, 1.807) is 35.4 Å². The molecule has 4 rings (SSSR count). The van der Waals surface area contributed by atoms with Crippen molar-refractivity contribution in [2.24, 2.45) is 0 Å². The number of para-hydroxylation sites is 2. The highest BCUT2D eigenvalue weighted by Gasteiger charge is 2.23. The van der Waals surface area contributed by atoms with E-state index in [1.807, 2.05) is 17.0 Å². The molecule has 2 aromatic heterocycles. The number of benzene rings is 1. The second kappa shape index (κ2) is 7.56. The van der Waals surface area contributed by atoms with Crippen LogP contribution in [0.25, 0.3) is 11.1 Å². The number of anilines is 1. The van der Waals surface area contributed by atoms with Gasteiger partial charge in [0.15, 0.2) is 5.58 Å². The first-order chi connectivity index (χ1) is 13.7. The van der Waals surface area contributed by atoms with Gasteiger partial charge in [0.2, 0.25) is 5.91 Å². The average molecular weight is 377 g/mol. The van der Waals surface area contributed by atoms with Gasteiger partial charge >= 0.3 is 5.76 Å². The first-order valence-electron chi connectivity index (χ1n) is 9.13. The van der Waals surface area contributed by atoms with Crippen LogP contribution in [0.4, 0.5) is 5.82 Å². The van der Waals surface area contributed by atoms with E-state index in [4.69, 9.17) is 4.42 Å². The van der Waals surface area contributed by atoms with Crippen LogP contribution < -0.4 is 10.7 Å². The highest BCUT2D eigenvalue weighted by molar-refractivity contribution is 5.77. The lowest BCUT2D eigenvalue weighted by Gasteiger charge is -2.35. The minimum absolute atomic E-state index is 0.00152. The Hall–Kier alpha value is -3.60. The lowest BCUT2D eigenvalue weighted by atomic mass is 10.2. The zero-order valence-corrected chi connectivity index (χ0v) is 15.2. The maximum absolute atomic E-state index is 12.6. The minimum atomic E-state index is -0.446. The van der Waals surface area contributed by atoms with E-state index in [9.17, 15) is 14.9 Å². The average Bonchev–Trinajstić information content (AvgIpc) is 3.07. The molecule has 3 aromatic rings. The van der Waals surface area contributed by atoms with Gasteiger partial charge in [0.1, 0.15) is 11.9 Å². The van der Waals surface area contributed by atoms with Gasteiger partial charge < -0.3 is 14.2 Å². The van der Waals surface area contributed by atoms with Gasteiger partial charge in [-0.05, 0) is 24.3 Å². The van der Waals surface area contributed by atoms with Crippen molar-refractivity contribution >= 4 is 22.8 Å². The number of aromatic nitrogens is 2. The normalized spacial score (nSPS) is 14.2. The molecular weight excluding hydrogens is 358 g/mol. The Morgan fingerprint density at radius 1 is 1.14 bits per heavy atom. The van der Waals surface area contributed by atoms with Crippen LogP contribution in [0.2, 0.25) is 0 Å². The minimum Gasteiger partial charge on any atom is -0.408 e. The third kappa shape index (κ3) is 3.34. The Labute approximate surface area is 161 Å². The molecule has 0 unspecified atom stereocenters. The van der Waals surface area contributed by atoms with Crippen molar-refractivity contribution in [2.45, 2.75) is 13.0 Å². The van der Waals surface area contributed by atoms with E-state index in [1.165, 1.54) is 4.57 Å². The van der Waals surface area contributed by atoms with E-state index in [0.717, 1.165) is 0 Å². The predicted molar refractivity (Wildman–Crippen MR) is 103 cm³/mol. The summed E-state index contributed by atoms with van der Waals surface area (Å²) in [6, 6.07) is 12.8. The van der Waals surface area contributed by atoms with Crippen LogP contribution >= 0.6 is 0 Å². The summed E-state index contributed by atoms with van der Waals surface area (Å²) in [5.74, 6) is 0.213. The van der Waals surface area contributed by atoms with Gasteiger partial charge in [-0.25, -0.2) is 9.78 Å². The second-order valence-electron chi connectivity index (χ2n) is 6.59. The van der Waals surface area contributed by atoms with Crippen LogP contribution in [0, 0.1) is 11.3 Å². The van der Waals surface area contributed by atoms with Crippen molar-refractivity contribution in [3.05, 3.63) is 58.7 Å². The number of nitrogens with zero attached hydrogens (tertiary/aromatic N) is 5. The van der Waals surface area contributed by atoms with E-state index in [-0.39, 0.29) is 18.9 Å². The summed E-state index contributed by atoms with van der Waals surface area (Å²) in [6.07, 6.45) is 1.90. The number of carbonyl (C=O) groups excluding carboxylic acids is 1. The van der Waals surface area contributed by atoms with Gasteiger partial charge in [0.05, 0.1) is 11.1 Å². The monoisotopic (exact) mass is 377 g/mol. The van der Waals surface area contributed by atoms with Crippen molar-refractivity contribution in [3.8, 4) is 6.07 Å². The van der Waals surface area contributed by atoms with Gasteiger partial charge in [-0.1, -0.05) is 12.1 Å². The SMILES string of the molecule is N#Cc1cccnc1N1CCN(C(=O)CCn2c(=O)oc3ccccc32)CC1. The van der Waals surface area contributed by atoms with Crippen molar-refractivity contribution in [1.29, 1.82) is 5.26 Å². The number of piperazine rings is 1. The van der Waals surface area contributed by atoms with E-state index in [0.29, 0.717) is 48.7 Å². The van der Waals surface area contributed by atoms with Crippen LogP contribution in [-0.4, -0.2) is 46.5 Å². The lowest BCUT2D eigenvalue weighted by Crippen LogP contribution is -2.49. The van der Waals surface area contributed by atoms with Crippen molar-refractivity contribution < 1.29 is 9.21 Å². The van der Waals surface area contributed by atoms with Crippen LogP contribution in [0.1, 0.15) is 12.0 Å². The summed E-state index contributed by atoms with van der Waals surface area (Å²) in [5, 5.41) is 9.23. The highest BCUT2D eigenvalue weighted by Crippen LogP contribution is 2.18. The number of hydrogen-bond donors (Lipinski definition) is 0. The first kappa shape index (κ1) is 17.8. The molecule has 0 N–H and O–H groups in total. The van der Waals surface area contributed by atoms with Crippen molar-refractivity contribution in [3.63, 3.8) is 0 Å². The van der Waals surface area contributed by atoms with Crippen LogP contribution in [0.5, 0.6) is 0 Å². The molecular formula is C20H19N5O3. The molecule has 142 valence electrons. The molecule has 0 saturated carbocycles. The van der Waals surface area contributed by atoms with E-state index in [2.05, 4.69) is 11.1 Å². The van der Waals surface area contributed by atoms with E-state index >= 15 is 0 Å². The summed E-state index contributed by atoms with van der Waals surface area (Å²) < 4.78 is 6.70. The Morgan fingerprint density at radius 2 is 1.93 bits per heavy atom. The summed E-state index contributed by atoms with van der Waals surface area (Å²) >= 11 is 0. The molecule has 1 amide bonds. The Kier molecular flexibility index (Phi) is 4.81. The molecule has 0 radical (unpaired) electrons. The van der Waals surface area contributed by atoms with Crippen LogP contribution in [-0.2, 0) is 11.3 Å². The first-order valence-corrected chi connectivity index (χ1v) is 9.13. The number of oxazole rings is 1. The van der Waals surface area contributed by atoms with Gasteiger partial charge in [0.25, 0.3) is 0 Å². The molecule has 1 fully saturated rings. The molecule has 0 atom stereocenters. The van der Waals surface area contributed by atoms with Gasteiger partial charge in [0, 0.05) is 45.3 Å². The largest absolute Gasteiger partial charge is 0.419 e. The Bertz CT molecular complexity index is 1100. The number of aryl methyl sites for hydroxylation is 1.